The van der Waals surface area contributed by atoms with Crippen LogP contribution in [0.15, 0.2) is 12.1 Å². The highest BCUT2D eigenvalue weighted by molar-refractivity contribution is 6.39. The molecule has 0 spiro atoms. The second-order valence-corrected chi connectivity index (χ2v) is 7.41. The molecule has 0 unspecified atom stereocenters. The largest absolute Gasteiger partial charge is 0.317 e. The third-order valence-corrected chi connectivity index (χ3v) is 5.65. The van der Waals surface area contributed by atoms with E-state index in [1.807, 2.05) is 0 Å². The van der Waals surface area contributed by atoms with E-state index in [2.05, 4.69) is 12.2 Å². The molecule has 1 saturated carbocycles. The maximum Gasteiger partial charge on any atom is 0.0467 e. The Kier molecular flexibility index (Phi) is 6.68. The molecule has 1 aliphatic rings. The van der Waals surface area contributed by atoms with E-state index >= 15 is 0 Å². The molecule has 0 aliphatic heterocycles. The summed E-state index contributed by atoms with van der Waals surface area (Å²) in [6, 6.07) is 3.59. The van der Waals surface area contributed by atoms with Crippen molar-refractivity contribution in [3.05, 3.63) is 32.8 Å². The van der Waals surface area contributed by atoms with E-state index in [-0.39, 0.29) is 0 Å². The van der Waals surface area contributed by atoms with Crippen LogP contribution in [0.2, 0.25) is 15.1 Å². The van der Waals surface area contributed by atoms with Crippen LogP contribution in [-0.2, 0) is 6.42 Å². The molecule has 118 valence electrons. The van der Waals surface area contributed by atoms with E-state index in [0.29, 0.717) is 20.5 Å². The zero-order chi connectivity index (χ0) is 15.3. The Labute approximate surface area is 143 Å². The number of nitrogens with one attached hydrogen (secondary N) is 1. The molecule has 1 N–H and O–H groups in total. The van der Waals surface area contributed by atoms with Gasteiger partial charge < -0.3 is 5.32 Å². The Bertz CT molecular complexity index is 444. The van der Waals surface area contributed by atoms with E-state index in [9.17, 15) is 0 Å². The number of benzene rings is 1. The van der Waals surface area contributed by atoms with Crippen LogP contribution in [0.5, 0.6) is 0 Å². The van der Waals surface area contributed by atoms with Gasteiger partial charge in [0.15, 0.2) is 0 Å². The van der Waals surface area contributed by atoms with Crippen molar-refractivity contribution in [1.29, 1.82) is 0 Å². The smallest absolute Gasteiger partial charge is 0.0467 e. The maximum atomic E-state index is 6.31. The number of halogens is 3. The van der Waals surface area contributed by atoms with Crippen LogP contribution in [-0.4, -0.2) is 13.1 Å². The van der Waals surface area contributed by atoms with Crippen LogP contribution < -0.4 is 5.32 Å². The summed E-state index contributed by atoms with van der Waals surface area (Å²) >= 11 is 18.6. The number of hydrogen-bond acceptors (Lipinski definition) is 1. The van der Waals surface area contributed by atoms with Gasteiger partial charge in [-0.2, -0.15) is 0 Å². The van der Waals surface area contributed by atoms with Crippen LogP contribution in [0.1, 0.15) is 51.0 Å². The van der Waals surface area contributed by atoms with Gasteiger partial charge >= 0.3 is 0 Å². The first-order valence-electron chi connectivity index (χ1n) is 7.90. The first kappa shape index (κ1) is 17.4. The minimum Gasteiger partial charge on any atom is -0.317 e. The van der Waals surface area contributed by atoms with Gasteiger partial charge in [0.25, 0.3) is 0 Å². The molecule has 0 atom stereocenters. The quantitative estimate of drug-likeness (QED) is 0.584. The van der Waals surface area contributed by atoms with Crippen LogP contribution >= 0.6 is 34.8 Å². The second kappa shape index (κ2) is 8.06. The van der Waals surface area contributed by atoms with Crippen molar-refractivity contribution in [3.8, 4) is 0 Å². The van der Waals surface area contributed by atoms with Crippen molar-refractivity contribution in [3.63, 3.8) is 0 Å². The first-order chi connectivity index (χ1) is 10.1. The normalized spacial score (nSPS) is 17.3. The average Bonchev–Trinajstić information content (AvgIpc) is 2.87. The maximum absolute atomic E-state index is 6.31. The molecule has 1 fully saturated rings. The standard InChI is InChI=1S/C17H24Cl3N/c1-2-21-10-9-17(6-3-4-7-17)8-5-14-15(19)11-13(18)12-16(14)20/h11-12,21H,2-10H2,1H3. The molecule has 1 aliphatic carbocycles. The van der Waals surface area contributed by atoms with Crippen molar-refractivity contribution < 1.29 is 0 Å². The predicted molar refractivity (Wildman–Crippen MR) is 93.9 cm³/mol. The lowest BCUT2D eigenvalue weighted by atomic mass is 9.77. The van der Waals surface area contributed by atoms with Gasteiger partial charge in [-0.1, -0.05) is 54.6 Å². The average molecular weight is 349 g/mol. The number of rotatable bonds is 7. The lowest BCUT2D eigenvalue weighted by Gasteiger charge is -2.29. The molecule has 0 radical (unpaired) electrons. The second-order valence-electron chi connectivity index (χ2n) is 6.16. The van der Waals surface area contributed by atoms with E-state index in [4.69, 9.17) is 34.8 Å². The highest BCUT2D eigenvalue weighted by Gasteiger charge is 2.33. The minimum absolute atomic E-state index is 0.467. The van der Waals surface area contributed by atoms with Gasteiger partial charge in [-0.25, -0.2) is 0 Å². The first-order valence-corrected chi connectivity index (χ1v) is 9.04. The SMILES string of the molecule is CCNCCC1(CCc2c(Cl)cc(Cl)cc2Cl)CCCC1. The van der Waals surface area contributed by atoms with Gasteiger partial charge in [0.05, 0.1) is 0 Å². The summed E-state index contributed by atoms with van der Waals surface area (Å²) in [4.78, 5) is 0. The fourth-order valence-corrected chi connectivity index (χ4v) is 4.49. The summed E-state index contributed by atoms with van der Waals surface area (Å²) in [5.74, 6) is 0. The van der Waals surface area contributed by atoms with E-state index in [0.717, 1.165) is 25.1 Å². The van der Waals surface area contributed by atoms with Crippen molar-refractivity contribution in [2.75, 3.05) is 13.1 Å². The van der Waals surface area contributed by atoms with E-state index in [1.54, 1.807) is 12.1 Å². The van der Waals surface area contributed by atoms with Crippen molar-refractivity contribution in [2.24, 2.45) is 5.41 Å². The zero-order valence-electron chi connectivity index (χ0n) is 12.7. The lowest BCUT2D eigenvalue weighted by molar-refractivity contribution is 0.246. The molecule has 0 bridgehead atoms. The van der Waals surface area contributed by atoms with E-state index in [1.165, 1.54) is 38.5 Å². The van der Waals surface area contributed by atoms with Gasteiger partial charge in [-0.3, -0.25) is 0 Å². The minimum atomic E-state index is 0.467. The third kappa shape index (κ3) is 4.76. The molecule has 1 aromatic rings. The topological polar surface area (TPSA) is 12.0 Å². The fraction of sp³-hybridized carbons (Fsp3) is 0.647. The van der Waals surface area contributed by atoms with Crippen LogP contribution in [0.25, 0.3) is 0 Å². The molecule has 1 aromatic carbocycles. The molecule has 0 saturated heterocycles. The Morgan fingerprint density at radius 1 is 1.05 bits per heavy atom. The summed E-state index contributed by atoms with van der Waals surface area (Å²) in [7, 11) is 0. The van der Waals surface area contributed by atoms with Crippen molar-refractivity contribution in [1.82, 2.24) is 5.32 Å². The van der Waals surface area contributed by atoms with Gasteiger partial charge in [0.2, 0.25) is 0 Å². The monoisotopic (exact) mass is 347 g/mol. The van der Waals surface area contributed by atoms with Crippen molar-refractivity contribution in [2.45, 2.75) is 51.9 Å². The third-order valence-electron chi connectivity index (χ3n) is 4.76. The predicted octanol–water partition coefficient (Wildman–Crippen LogP) is 6.14. The summed E-state index contributed by atoms with van der Waals surface area (Å²) in [6.07, 6.45) is 8.74. The molecule has 0 heterocycles. The van der Waals surface area contributed by atoms with Crippen molar-refractivity contribution >= 4 is 34.8 Å². The summed E-state index contributed by atoms with van der Waals surface area (Å²) in [5.41, 5.74) is 1.52. The lowest BCUT2D eigenvalue weighted by Crippen LogP contribution is -2.25. The highest BCUT2D eigenvalue weighted by Crippen LogP contribution is 2.45. The molecule has 2 rings (SSSR count). The fourth-order valence-electron chi connectivity index (χ4n) is 3.48. The molecule has 21 heavy (non-hydrogen) atoms. The van der Waals surface area contributed by atoms with Gasteiger partial charge in [0.1, 0.15) is 0 Å². The summed E-state index contributed by atoms with van der Waals surface area (Å²) < 4.78 is 0. The van der Waals surface area contributed by atoms with Crippen LogP contribution in [0, 0.1) is 5.41 Å². The molecular formula is C17H24Cl3N. The molecular weight excluding hydrogens is 325 g/mol. The van der Waals surface area contributed by atoms with E-state index < -0.39 is 0 Å². The zero-order valence-corrected chi connectivity index (χ0v) is 14.9. The molecule has 1 nitrogen and oxygen atoms in total. The Hall–Kier alpha value is 0.0500. The van der Waals surface area contributed by atoms with Gasteiger partial charge in [-0.15, -0.1) is 0 Å². The van der Waals surface area contributed by atoms with Crippen LogP contribution in [0.3, 0.4) is 0 Å². The summed E-state index contributed by atoms with van der Waals surface area (Å²) in [5, 5.41) is 5.47. The Morgan fingerprint density at radius 2 is 1.67 bits per heavy atom. The van der Waals surface area contributed by atoms with Gasteiger partial charge in [0, 0.05) is 15.1 Å². The van der Waals surface area contributed by atoms with Gasteiger partial charge in [-0.05, 0) is 68.3 Å². The number of hydrogen-bond donors (Lipinski definition) is 1. The molecule has 0 aromatic heterocycles. The Balaban J connectivity index is 2.02. The molecule has 4 heteroatoms. The highest BCUT2D eigenvalue weighted by atomic mass is 35.5. The van der Waals surface area contributed by atoms with Crippen LogP contribution in [0.4, 0.5) is 0 Å². The molecule has 0 amide bonds. The Morgan fingerprint density at radius 3 is 2.24 bits per heavy atom. The summed E-state index contributed by atoms with van der Waals surface area (Å²) in [6.45, 7) is 4.32.